The van der Waals surface area contributed by atoms with Crippen LogP contribution in [0.15, 0.2) is 0 Å². The third-order valence-electron chi connectivity index (χ3n) is 3.63. The standard InChI is InChI=1S/C15H24N4O10S/c16-6(1-2-10(21)22)12(25)17-7(3-11(23)24)13(26)19-9(5-30)14(27)18-8(4-20)15(28)29/h6-9,20,30H,1-5,16H2,(H,17,25)(H,18,27)(H,19,26)(H,21,22)(H,23,24)(H,28,29). The fourth-order valence-corrected chi connectivity index (χ4v) is 2.25. The molecule has 0 spiro atoms. The molecule has 0 aromatic carbocycles. The number of hydrogen-bond acceptors (Lipinski definition) is 9. The lowest BCUT2D eigenvalue weighted by atomic mass is 10.1. The van der Waals surface area contributed by atoms with Gasteiger partial charge in [-0.15, -0.1) is 0 Å². The number of carboxylic acids is 3. The first-order valence-corrected chi connectivity index (χ1v) is 9.10. The maximum absolute atomic E-state index is 12.4. The number of rotatable bonds is 14. The normalized spacial score (nSPS) is 14.5. The smallest absolute Gasteiger partial charge is 0.328 e. The number of aliphatic carboxylic acids is 3. The number of nitrogens with one attached hydrogen (secondary N) is 3. The molecule has 0 aromatic rings. The van der Waals surface area contributed by atoms with Crippen LogP contribution < -0.4 is 21.7 Å². The molecule has 4 atom stereocenters. The lowest BCUT2D eigenvalue weighted by molar-refractivity contribution is -0.144. The van der Waals surface area contributed by atoms with E-state index < -0.39 is 79.2 Å². The zero-order valence-electron chi connectivity index (χ0n) is 15.6. The summed E-state index contributed by atoms with van der Waals surface area (Å²) in [5.41, 5.74) is 5.51. The molecular formula is C15H24N4O10S. The number of thiol groups is 1. The number of aliphatic hydroxyl groups is 1. The Labute approximate surface area is 175 Å². The zero-order valence-corrected chi connectivity index (χ0v) is 16.5. The van der Waals surface area contributed by atoms with Crippen LogP contribution in [0, 0.1) is 0 Å². The van der Waals surface area contributed by atoms with E-state index in [2.05, 4.69) is 23.3 Å². The van der Waals surface area contributed by atoms with Crippen molar-refractivity contribution in [2.45, 2.75) is 43.4 Å². The number of aliphatic hydroxyl groups excluding tert-OH is 1. The van der Waals surface area contributed by atoms with Crippen molar-refractivity contribution < 1.29 is 49.2 Å². The minimum Gasteiger partial charge on any atom is -0.481 e. The molecule has 4 unspecified atom stereocenters. The summed E-state index contributed by atoms with van der Waals surface area (Å²) >= 11 is 3.86. The summed E-state index contributed by atoms with van der Waals surface area (Å²) < 4.78 is 0. The molecule has 0 bridgehead atoms. The lowest BCUT2D eigenvalue weighted by Crippen LogP contribution is -2.58. The summed E-state index contributed by atoms with van der Waals surface area (Å²) in [4.78, 5) is 68.9. The molecule has 0 aliphatic rings. The summed E-state index contributed by atoms with van der Waals surface area (Å²) in [7, 11) is 0. The van der Waals surface area contributed by atoms with Crippen molar-refractivity contribution in [2.75, 3.05) is 12.4 Å². The Kier molecular flexibility index (Phi) is 12.0. The van der Waals surface area contributed by atoms with E-state index in [1.165, 1.54) is 0 Å². The van der Waals surface area contributed by atoms with Crippen LogP contribution in [-0.4, -0.2) is 92.6 Å². The van der Waals surface area contributed by atoms with E-state index in [0.717, 1.165) is 0 Å². The van der Waals surface area contributed by atoms with Gasteiger partial charge in [0, 0.05) is 12.2 Å². The number of carbonyl (C=O) groups excluding carboxylic acids is 3. The van der Waals surface area contributed by atoms with Gasteiger partial charge in [0.1, 0.15) is 18.1 Å². The zero-order chi connectivity index (χ0) is 23.4. The molecule has 170 valence electrons. The first kappa shape index (κ1) is 27.1. The highest BCUT2D eigenvalue weighted by Crippen LogP contribution is 2.01. The SMILES string of the molecule is NC(CCC(=O)O)C(=O)NC(CC(=O)O)C(=O)NC(CS)C(=O)NC(CO)C(=O)O. The topological polar surface area (TPSA) is 245 Å². The predicted octanol–water partition coefficient (Wildman–Crippen LogP) is -3.89. The van der Waals surface area contributed by atoms with Crippen molar-refractivity contribution in [3.63, 3.8) is 0 Å². The van der Waals surface area contributed by atoms with Crippen LogP contribution in [0.25, 0.3) is 0 Å². The molecule has 3 amide bonds. The van der Waals surface area contributed by atoms with E-state index >= 15 is 0 Å². The Morgan fingerprint density at radius 1 is 0.800 bits per heavy atom. The minimum absolute atomic E-state index is 0.262. The molecule has 0 heterocycles. The minimum atomic E-state index is -1.66. The van der Waals surface area contributed by atoms with Crippen LogP contribution in [0.2, 0.25) is 0 Å². The number of carbonyl (C=O) groups is 6. The molecule has 14 nitrogen and oxygen atoms in total. The van der Waals surface area contributed by atoms with Crippen LogP contribution in [0.4, 0.5) is 0 Å². The number of hydrogen-bond donors (Lipinski definition) is 9. The van der Waals surface area contributed by atoms with Gasteiger partial charge in [-0.3, -0.25) is 24.0 Å². The van der Waals surface area contributed by atoms with Gasteiger partial charge in [0.25, 0.3) is 0 Å². The fraction of sp³-hybridized carbons (Fsp3) is 0.600. The first-order chi connectivity index (χ1) is 13.9. The number of nitrogens with two attached hydrogens (primary N) is 1. The molecule has 15 heteroatoms. The van der Waals surface area contributed by atoms with E-state index in [1.807, 2.05) is 5.32 Å². The largest absolute Gasteiger partial charge is 0.481 e. The van der Waals surface area contributed by atoms with Crippen molar-refractivity contribution in [2.24, 2.45) is 5.73 Å². The van der Waals surface area contributed by atoms with Crippen molar-refractivity contribution >= 4 is 48.3 Å². The van der Waals surface area contributed by atoms with E-state index in [4.69, 9.17) is 26.2 Å². The highest BCUT2D eigenvalue weighted by Gasteiger charge is 2.30. The van der Waals surface area contributed by atoms with E-state index in [9.17, 15) is 28.8 Å². The Bertz CT molecular complexity index is 674. The van der Waals surface area contributed by atoms with Crippen LogP contribution in [0.5, 0.6) is 0 Å². The van der Waals surface area contributed by atoms with E-state index in [1.54, 1.807) is 0 Å². The lowest BCUT2D eigenvalue weighted by Gasteiger charge is -2.23. The van der Waals surface area contributed by atoms with Crippen molar-refractivity contribution in [3.05, 3.63) is 0 Å². The second kappa shape index (κ2) is 13.3. The Balaban J connectivity index is 5.16. The summed E-state index contributed by atoms with van der Waals surface area (Å²) in [5.74, 6) is -7.60. The fourth-order valence-electron chi connectivity index (χ4n) is 2.00. The molecule has 0 rings (SSSR count). The van der Waals surface area contributed by atoms with Gasteiger partial charge >= 0.3 is 17.9 Å². The van der Waals surface area contributed by atoms with Crippen LogP contribution in [-0.2, 0) is 28.8 Å². The average molecular weight is 452 g/mol. The molecule has 0 aliphatic heterocycles. The van der Waals surface area contributed by atoms with Gasteiger partial charge in [0.2, 0.25) is 17.7 Å². The van der Waals surface area contributed by atoms with Crippen LogP contribution >= 0.6 is 12.6 Å². The summed E-state index contributed by atoms with van der Waals surface area (Å²) in [6.45, 7) is -0.916. The molecule has 30 heavy (non-hydrogen) atoms. The van der Waals surface area contributed by atoms with E-state index in [-0.39, 0.29) is 12.2 Å². The Morgan fingerprint density at radius 2 is 1.30 bits per heavy atom. The molecule has 9 N–H and O–H groups in total. The third kappa shape index (κ3) is 10.0. The summed E-state index contributed by atoms with van der Waals surface area (Å²) in [6.07, 6.45) is -1.57. The first-order valence-electron chi connectivity index (χ1n) is 8.47. The van der Waals surface area contributed by atoms with Gasteiger partial charge < -0.3 is 42.1 Å². The van der Waals surface area contributed by atoms with Gasteiger partial charge in [-0.25, -0.2) is 4.79 Å². The highest BCUT2D eigenvalue weighted by molar-refractivity contribution is 7.80. The van der Waals surface area contributed by atoms with Crippen molar-refractivity contribution in [3.8, 4) is 0 Å². The van der Waals surface area contributed by atoms with Gasteiger partial charge in [-0.1, -0.05) is 0 Å². The van der Waals surface area contributed by atoms with Gasteiger partial charge in [-0.2, -0.15) is 12.6 Å². The summed E-state index contributed by atoms with van der Waals surface area (Å²) in [6, 6.07) is -6.04. The Hall–Kier alpha value is -2.91. The predicted molar refractivity (Wildman–Crippen MR) is 101 cm³/mol. The third-order valence-corrected chi connectivity index (χ3v) is 4.00. The maximum Gasteiger partial charge on any atom is 0.328 e. The van der Waals surface area contributed by atoms with E-state index in [0.29, 0.717) is 0 Å². The van der Waals surface area contributed by atoms with Gasteiger partial charge in [0.05, 0.1) is 19.1 Å². The molecule has 0 aliphatic carbocycles. The highest BCUT2D eigenvalue weighted by atomic mass is 32.1. The maximum atomic E-state index is 12.4. The quantitative estimate of drug-likeness (QED) is 0.115. The van der Waals surface area contributed by atoms with Crippen molar-refractivity contribution in [1.29, 1.82) is 0 Å². The second-order valence-electron chi connectivity index (χ2n) is 6.02. The van der Waals surface area contributed by atoms with Gasteiger partial charge in [0.15, 0.2) is 0 Å². The van der Waals surface area contributed by atoms with Crippen LogP contribution in [0.1, 0.15) is 19.3 Å². The molecular weight excluding hydrogens is 428 g/mol. The molecule has 0 aromatic heterocycles. The summed E-state index contributed by atoms with van der Waals surface area (Å²) in [5, 5.41) is 41.5. The molecule has 0 saturated heterocycles. The molecule has 0 radical (unpaired) electrons. The monoisotopic (exact) mass is 452 g/mol. The van der Waals surface area contributed by atoms with Gasteiger partial charge in [-0.05, 0) is 6.42 Å². The average Bonchev–Trinajstić information content (AvgIpc) is 2.66. The molecule has 0 saturated carbocycles. The molecule has 0 fully saturated rings. The number of amides is 3. The van der Waals surface area contributed by atoms with Crippen molar-refractivity contribution in [1.82, 2.24) is 16.0 Å². The second-order valence-corrected chi connectivity index (χ2v) is 6.39. The number of carboxylic acid groups (broad SMARTS) is 3. The van der Waals surface area contributed by atoms with Crippen LogP contribution in [0.3, 0.4) is 0 Å². The Morgan fingerprint density at radius 3 is 1.73 bits per heavy atom.